The number of nitrogens with one attached hydrogen (secondary N) is 2. The summed E-state index contributed by atoms with van der Waals surface area (Å²) >= 11 is 0. The van der Waals surface area contributed by atoms with Crippen molar-refractivity contribution in [2.24, 2.45) is 4.99 Å². The summed E-state index contributed by atoms with van der Waals surface area (Å²) in [5, 5.41) is 6.36. The molecule has 1 aromatic rings. The summed E-state index contributed by atoms with van der Waals surface area (Å²) in [4.78, 5) is 4.13. The second-order valence-electron chi connectivity index (χ2n) is 5.94. The van der Waals surface area contributed by atoms with Gasteiger partial charge in [0.05, 0.1) is 18.1 Å². The van der Waals surface area contributed by atoms with Crippen LogP contribution in [0.2, 0.25) is 0 Å². The third kappa shape index (κ3) is 6.88. The van der Waals surface area contributed by atoms with Gasteiger partial charge in [0, 0.05) is 26.2 Å². The predicted molar refractivity (Wildman–Crippen MR) is 97.1 cm³/mol. The molecule has 7 heteroatoms. The maximum atomic E-state index is 11.5. The maximum absolute atomic E-state index is 11.5. The molecule has 2 rings (SSSR count). The Morgan fingerprint density at radius 2 is 2.08 bits per heavy atom. The van der Waals surface area contributed by atoms with Crippen molar-refractivity contribution in [1.29, 1.82) is 0 Å². The van der Waals surface area contributed by atoms with Crippen LogP contribution in [0.25, 0.3) is 0 Å². The van der Waals surface area contributed by atoms with Gasteiger partial charge in [-0.1, -0.05) is 30.3 Å². The van der Waals surface area contributed by atoms with Gasteiger partial charge >= 0.3 is 0 Å². The lowest BCUT2D eigenvalue weighted by Gasteiger charge is -2.16. The SMILES string of the molecule is CN=C(NCCCOCCc1ccccc1)NC1CCS(=O)(=O)C1. The molecular weight excluding hydrogens is 326 g/mol. The van der Waals surface area contributed by atoms with E-state index in [9.17, 15) is 8.42 Å². The van der Waals surface area contributed by atoms with E-state index in [4.69, 9.17) is 4.74 Å². The highest BCUT2D eigenvalue weighted by Gasteiger charge is 2.28. The molecule has 24 heavy (non-hydrogen) atoms. The van der Waals surface area contributed by atoms with E-state index in [1.807, 2.05) is 18.2 Å². The van der Waals surface area contributed by atoms with Crippen molar-refractivity contribution < 1.29 is 13.2 Å². The molecule has 1 fully saturated rings. The Bertz CT molecular complexity index is 617. The molecule has 1 atom stereocenters. The molecule has 1 saturated heterocycles. The lowest BCUT2D eigenvalue weighted by Crippen LogP contribution is -2.44. The summed E-state index contributed by atoms with van der Waals surface area (Å²) in [6.45, 7) is 2.15. The Morgan fingerprint density at radius 3 is 2.75 bits per heavy atom. The number of ether oxygens (including phenoxy) is 1. The van der Waals surface area contributed by atoms with E-state index in [0.29, 0.717) is 19.0 Å². The van der Waals surface area contributed by atoms with Gasteiger partial charge in [0.25, 0.3) is 0 Å². The Balaban J connectivity index is 1.53. The fraction of sp³-hybridized carbons (Fsp3) is 0.588. The van der Waals surface area contributed by atoms with Gasteiger partial charge in [0.15, 0.2) is 15.8 Å². The zero-order chi connectivity index (χ0) is 17.3. The molecular formula is C17H27N3O3S. The Hall–Kier alpha value is -1.60. The lowest BCUT2D eigenvalue weighted by atomic mass is 10.2. The van der Waals surface area contributed by atoms with Crippen molar-refractivity contribution in [3.63, 3.8) is 0 Å². The number of guanidine groups is 1. The van der Waals surface area contributed by atoms with Gasteiger partial charge in [-0.05, 0) is 24.8 Å². The average molecular weight is 353 g/mol. The summed E-state index contributed by atoms with van der Waals surface area (Å²) in [6.07, 6.45) is 2.44. The summed E-state index contributed by atoms with van der Waals surface area (Å²) in [5.41, 5.74) is 1.28. The van der Waals surface area contributed by atoms with Crippen LogP contribution in [0, 0.1) is 0 Å². The third-order valence-electron chi connectivity index (χ3n) is 3.93. The molecule has 6 nitrogen and oxygen atoms in total. The Kier molecular flexibility index (Phi) is 7.52. The van der Waals surface area contributed by atoms with Crippen LogP contribution < -0.4 is 10.6 Å². The molecule has 0 saturated carbocycles. The molecule has 134 valence electrons. The quantitative estimate of drug-likeness (QED) is 0.414. The third-order valence-corrected chi connectivity index (χ3v) is 5.70. The molecule has 0 aromatic heterocycles. The maximum Gasteiger partial charge on any atom is 0.191 e. The van der Waals surface area contributed by atoms with E-state index < -0.39 is 9.84 Å². The van der Waals surface area contributed by atoms with E-state index in [-0.39, 0.29) is 17.5 Å². The number of benzene rings is 1. The van der Waals surface area contributed by atoms with Crippen molar-refractivity contribution in [2.45, 2.75) is 25.3 Å². The van der Waals surface area contributed by atoms with Crippen molar-refractivity contribution in [3.8, 4) is 0 Å². The molecule has 1 aliphatic rings. The highest BCUT2D eigenvalue weighted by molar-refractivity contribution is 7.91. The zero-order valence-electron chi connectivity index (χ0n) is 14.2. The van der Waals surface area contributed by atoms with Crippen LogP contribution in [-0.2, 0) is 21.0 Å². The number of hydrogen-bond donors (Lipinski definition) is 2. The van der Waals surface area contributed by atoms with Crippen LogP contribution in [0.4, 0.5) is 0 Å². The molecule has 2 N–H and O–H groups in total. The Morgan fingerprint density at radius 1 is 1.29 bits per heavy atom. The van der Waals surface area contributed by atoms with Crippen LogP contribution in [-0.4, -0.2) is 58.7 Å². The van der Waals surface area contributed by atoms with Crippen LogP contribution in [0.1, 0.15) is 18.4 Å². The minimum atomic E-state index is -2.87. The molecule has 0 spiro atoms. The molecule has 0 amide bonds. The number of sulfone groups is 1. The average Bonchev–Trinajstić information content (AvgIpc) is 2.92. The van der Waals surface area contributed by atoms with E-state index in [1.54, 1.807) is 7.05 Å². The Labute approximate surface area is 144 Å². The van der Waals surface area contributed by atoms with Crippen molar-refractivity contribution in [1.82, 2.24) is 10.6 Å². The fourth-order valence-corrected chi connectivity index (χ4v) is 4.29. The van der Waals surface area contributed by atoms with Crippen LogP contribution in [0.5, 0.6) is 0 Å². The van der Waals surface area contributed by atoms with Gasteiger partial charge in [-0.2, -0.15) is 0 Å². The highest BCUT2D eigenvalue weighted by atomic mass is 32.2. The molecule has 1 unspecified atom stereocenters. The number of hydrogen-bond acceptors (Lipinski definition) is 4. The van der Waals surface area contributed by atoms with E-state index in [0.717, 1.165) is 26.0 Å². The summed E-state index contributed by atoms with van der Waals surface area (Å²) in [6, 6.07) is 10.2. The topological polar surface area (TPSA) is 79.8 Å². The first-order valence-corrected chi connectivity index (χ1v) is 10.2. The van der Waals surface area contributed by atoms with Crippen LogP contribution in [0.15, 0.2) is 35.3 Å². The molecule has 1 heterocycles. The van der Waals surface area contributed by atoms with Gasteiger partial charge in [-0.25, -0.2) is 8.42 Å². The lowest BCUT2D eigenvalue weighted by molar-refractivity contribution is 0.135. The first kappa shape index (κ1) is 18.7. The predicted octanol–water partition coefficient (Wildman–Crippen LogP) is 0.988. The van der Waals surface area contributed by atoms with Crippen molar-refractivity contribution in [2.75, 3.05) is 38.3 Å². The van der Waals surface area contributed by atoms with E-state index in [1.165, 1.54) is 5.56 Å². The standard InChI is InChI=1S/C17H27N3O3S/c1-18-17(20-16-9-13-24(21,22)14-16)19-10-5-11-23-12-8-15-6-3-2-4-7-15/h2-4,6-7,16H,5,8-14H2,1H3,(H2,18,19,20). The molecule has 1 aliphatic heterocycles. The molecule has 0 bridgehead atoms. The largest absolute Gasteiger partial charge is 0.381 e. The van der Waals surface area contributed by atoms with Crippen molar-refractivity contribution in [3.05, 3.63) is 35.9 Å². The second-order valence-corrected chi connectivity index (χ2v) is 8.17. The van der Waals surface area contributed by atoms with Crippen LogP contribution >= 0.6 is 0 Å². The molecule has 1 aromatic carbocycles. The minimum Gasteiger partial charge on any atom is -0.381 e. The van der Waals surface area contributed by atoms with Gasteiger partial charge in [-0.15, -0.1) is 0 Å². The molecule has 0 radical (unpaired) electrons. The summed E-state index contributed by atoms with van der Waals surface area (Å²) in [7, 11) is -1.18. The smallest absolute Gasteiger partial charge is 0.191 e. The minimum absolute atomic E-state index is 0.0386. The highest BCUT2D eigenvalue weighted by Crippen LogP contribution is 2.10. The van der Waals surface area contributed by atoms with Crippen molar-refractivity contribution >= 4 is 15.8 Å². The zero-order valence-corrected chi connectivity index (χ0v) is 15.0. The summed E-state index contributed by atoms with van der Waals surface area (Å²) < 4.78 is 28.5. The number of aliphatic imine (C=N–C) groups is 1. The normalized spacial score (nSPS) is 20.0. The van der Waals surface area contributed by atoms with E-state index in [2.05, 4.69) is 27.8 Å². The van der Waals surface area contributed by atoms with Gasteiger partial charge in [0.1, 0.15) is 0 Å². The first-order valence-electron chi connectivity index (χ1n) is 8.38. The number of rotatable bonds is 8. The van der Waals surface area contributed by atoms with Crippen LogP contribution in [0.3, 0.4) is 0 Å². The summed E-state index contributed by atoms with van der Waals surface area (Å²) in [5.74, 6) is 1.11. The first-order chi connectivity index (χ1) is 11.6. The van der Waals surface area contributed by atoms with Gasteiger partial charge < -0.3 is 15.4 Å². The molecule has 0 aliphatic carbocycles. The fourth-order valence-electron chi connectivity index (χ4n) is 2.61. The second kappa shape index (κ2) is 9.64. The van der Waals surface area contributed by atoms with Gasteiger partial charge in [-0.3, -0.25) is 4.99 Å². The monoisotopic (exact) mass is 353 g/mol. The van der Waals surface area contributed by atoms with Gasteiger partial charge in [0.2, 0.25) is 0 Å². The van der Waals surface area contributed by atoms with E-state index >= 15 is 0 Å². The number of nitrogens with zero attached hydrogens (tertiary/aromatic N) is 1.